The van der Waals surface area contributed by atoms with E-state index in [2.05, 4.69) is 6.42 Å². The van der Waals surface area contributed by atoms with Gasteiger partial charge in [0.15, 0.2) is 0 Å². The molecule has 1 saturated carbocycles. The molecule has 1 atom stereocenters. The summed E-state index contributed by atoms with van der Waals surface area (Å²) >= 11 is 10.8. The summed E-state index contributed by atoms with van der Waals surface area (Å²) in [5, 5.41) is 0. The molecule has 0 aromatic carbocycles. The minimum absolute atomic E-state index is 0.148. The second-order valence-corrected chi connectivity index (χ2v) is 2.63. The molecule has 0 aromatic rings. The highest BCUT2D eigenvalue weighted by Gasteiger charge is 2.28. The van der Waals surface area contributed by atoms with Crippen LogP contribution in [0.15, 0.2) is 0 Å². The van der Waals surface area contributed by atoms with E-state index in [1.807, 2.05) is 0 Å². The van der Waals surface area contributed by atoms with Crippen LogP contribution in [0.2, 0.25) is 0 Å². The summed E-state index contributed by atoms with van der Waals surface area (Å²) in [6.07, 6.45) is 3.21. The standard InChI is InChI=1S/C4H5Cl2/c5-4(6)3-1-2-3/h1,3-4H,2H2. The lowest BCUT2D eigenvalue weighted by Gasteiger charge is -1.88. The van der Waals surface area contributed by atoms with Crippen molar-refractivity contribution < 1.29 is 0 Å². The molecule has 1 unspecified atom stereocenters. The first-order valence-electron chi connectivity index (χ1n) is 1.92. The molecule has 6 heavy (non-hydrogen) atoms. The lowest BCUT2D eigenvalue weighted by atomic mass is 10.5. The van der Waals surface area contributed by atoms with E-state index in [0.29, 0.717) is 5.92 Å². The zero-order valence-electron chi connectivity index (χ0n) is 3.20. The molecule has 0 aromatic heterocycles. The molecule has 35 valence electrons. The Labute approximate surface area is 47.4 Å². The van der Waals surface area contributed by atoms with Gasteiger partial charge in [-0.1, -0.05) is 0 Å². The van der Waals surface area contributed by atoms with E-state index in [4.69, 9.17) is 23.2 Å². The minimum Gasteiger partial charge on any atom is -0.105 e. The quantitative estimate of drug-likeness (QED) is 0.469. The zero-order chi connectivity index (χ0) is 4.57. The number of hydrogen-bond acceptors (Lipinski definition) is 0. The molecule has 0 aliphatic heterocycles. The molecule has 0 bridgehead atoms. The van der Waals surface area contributed by atoms with Gasteiger partial charge < -0.3 is 0 Å². The highest BCUT2D eigenvalue weighted by Crippen LogP contribution is 2.35. The third-order valence-corrected chi connectivity index (χ3v) is 1.48. The molecule has 0 heterocycles. The van der Waals surface area contributed by atoms with Crippen LogP contribution in [0.4, 0.5) is 0 Å². The van der Waals surface area contributed by atoms with Crippen molar-refractivity contribution in [2.45, 2.75) is 11.3 Å². The minimum atomic E-state index is -0.148. The molecule has 0 N–H and O–H groups in total. The summed E-state index contributed by atoms with van der Waals surface area (Å²) in [5.74, 6) is 0.508. The van der Waals surface area contributed by atoms with Gasteiger partial charge in [-0.25, -0.2) is 0 Å². The van der Waals surface area contributed by atoms with E-state index in [1.165, 1.54) is 0 Å². The van der Waals surface area contributed by atoms with Crippen LogP contribution in [-0.2, 0) is 0 Å². The van der Waals surface area contributed by atoms with E-state index >= 15 is 0 Å². The highest BCUT2D eigenvalue weighted by molar-refractivity contribution is 6.44. The number of hydrogen-bond donors (Lipinski definition) is 0. The van der Waals surface area contributed by atoms with Gasteiger partial charge in [-0.15, -0.1) is 23.2 Å². The molecule has 1 radical (unpaired) electrons. The van der Waals surface area contributed by atoms with Crippen molar-refractivity contribution in [3.8, 4) is 0 Å². The summed E-state index contributed by atoms with van der Waals surface area (Å²) in [5.41, 5.74) is 0. The maximum atomic E-state index is 5.41. The van der Waals surface area contributed by atoms with E-state index in [9.17, 15) is 0 Å². The average Bonchev–Trinajstić information content (AvgIpc) is 2.06. The fourth-order valence-electron chi connectivity index (χ4n) is 0.284. The van der Waals surface area contributed by atoms with Crippen LogP contribution in [0.5, 0.6) is 0 Å². The topological polar surface area (TPSA) is 0 Å². The van der Waals surface area contributed by atoms with Crippen molar-refractivity contribution in [2.75, 3.05) is 0 Å². The van der Waals surface area contributed by atoms with Crippen LogP contribution in [-0.4, -0.2) is 4.84 Å². The Morgan fingerprint density at radius 1 is 1.67 bits per heavy atom. The molecule has 0 nitrogen and oxygen atoms in total. The Bertz CT molecular complexity index is 47.5. The summed E-state index contributed by atoms with van der Waals surface area (Å²) in [6.45, 7) is 0. The van der Waals surface area contributed by atoms with E-state index in [1.54, 1.807) is 0 Å². The molecule has 1 fully saturated rings. The van der Waals surface area contributed by atoms with E-state index in [0.717, 1.165) is 6.42 Å². The van der Waals surface area contributed by atoms with Crippen molar-refractivity contribution in [1.82, 2.24) is 0 Å². The van der Waals surface area contributed by atoms with Gasteiger partial charge in [-0.3, -0.25) is 0 Å². The van der Waals surface area contributed by atoms with E-state index < -0.39 is 0 Å². The Hall–Kier alpha value is 0.580. The Morgan fingerprint density at radius 3 is 2.17 bits per heavy atom. The third-order valence-electron chi connectivity index (χ3n) is 0.832. The summed E-state index contributed by atoms with van der Waals surface area (Å²) in [4.78, 5) is -0.148. The van der Waals surface area contributed by atoms with Gasteiger partial charge in [0, 0.05) is 0 Å². The van der Waals surface area contributed by atoms with E-state index in [-0.39, 0.29) is 4.84 Å². The Morgan fingerprint density at radius 2 is 2.17 bits per heavy atom. The Balaban J connectivity index is 2.13. The van der Waals surface area contributed by atoms with Crippen LogP contribution in [0.25, 0.3) is 0 Å². The van der Waals surface area contributed by atoms with Crippen molar-refractivity contribution in [3.05, 3.63) is 6.42 Å². The second-order valence-electron chi connectivity index (χ2n) is 1.47. The second kappa shape index (κ2) is 1.59. The predicted octanol–water partition coefficient (Wildman–Crippen LogP) is 2.01. The van der Waals surface area contributed by atoms with Gasteiger partial charge >= 0.3 is 0 Å². The van der Waals surface area contributed by atoms with Crippen molar-refractivity contribution >= 4 is 23.2 Å². The number of rotatable bonds is 1. The molecule has 1 aliphatic carbocycles. The highest BCUT2D eigenvalue weighted by atomic mass is 35.5. The largest absolute Gasteiger partial charge is 0.110 e. The monoisotopic (exact) mass is 123 g/mol. The molecule has 0 saturated heterocycles. The average molecular weight is 124 g/mol. The van der Waals surface area contributed by atoms with Crippen molar-refractivity contribution in [3.63, 3.8) is 0 Å². The predicted molar refractivity (Wildman–Crippen MR) is 27.9 cm³/mol. The normalized spacial score (nSPS) is 22.5. The molecule has 1 rings (SSSR count). The summed E-state index contributed by atoms with van der Waals surface area (Å²) in [7, 11) is 0. The van der Waals surface area contributed by atoms with Crippen molar-refractivity contribution in [1.29, 1.82) is 0 Å². The lowest BCUT2D eigenvalue weighted by Crippen LogP contribution is -1.85. The van der Waals surface area contributed by atoms with Crippen LogP contribution < -0.4 is 0 Å². The molecule has 1 aliphatic rings. The van der Waals surface area contributed by atoms with Crippen molar-refractivity contribution in [2.24, 2.45) is 5.92 Å². The SMILES string of the molecule is ClC(Cl)C1[CH]C1. The smallest absolute Gasteiger partial charge is 0.105 e. The molecule has 2 heteroatoms. The fourth-order valence-corrected chi connectivity index (χ4v) is 0.696. The van der Waals surface area contributed by atoms with Crippen LogP contribution in [0, 0.1) is 12.3 Å². The number of halogens is 2. The first kappa shape index (κ1) is 4.73. The molecular weight excluding hydrogens is 119 g/mol. The van der Waals surface area contributed by atoms with Gasteiger partial charge in [-0.05, 0) is 18.8 Å². The first-order chi connectivity index (χ1) is 2.80. The van der Waals surface area contributed by atoms with Gasteiger partial charge in [0.2, 0.25) is 0 Å². The van der Waals surface area contributed by atoms with Gasteiger partial charge in [0.1, 0.15) is 4.84 Å². The summed E-state index contributed by atoms with van der Waals surface area (Å²) in [6, 6.07) is 0. The molecule has 0 amide bonds. The van der Waals surface area contributed by atoms with Gasteiger partial charge in [-0.2, -0.15) is 0 Å². The maximum Gasteiger partial charge on any atom is 0.110 e. The molecule has 0 spiro atoms. The Kier molecular flexibility index (Phi) is 1.25. The third kappa shape index (κ3) is 1.02. The van der Waals surface area contributed by atoms with Crippen LogP contribution in [0.3, 0.4) is 0 Å². The van der Waals surface area contributed by atoms with Crippen LogP contribution >= 0.6 is 23.2 Å². The van der Waals surface area contributed by atoms with Crippen LogP contribution in [0.1, 0.15) is 6.42 Å². The number of alkyl halides is 2. The zero-order valence-corrected chi connectivity index (χ0v) is 4.71. The molecular formula is C4H5Cl2. The van der Waals surface area contributed by atoms with Gasteiger partial charge in [0.25, 0.3) is 0 Å². The fraction of sp³-hybridized carbons (Fsp3) is 0.750. The summed E-state index contributed by atoms with van der Waals surface area (Å²) < 4.78 is 0. The van der Waals surface area contributed by atoms with Gasteiger partial charge in [0.05, 0.1) is 0 Å². The first-order valence-corrected chi connectivity index (χ1v) is 2.79. The lowest BCUT2D eigenvalue weighted by molar-refractivity contribution is 0.969. The maximum absolute atomic E-state index is 5.41.